The predicted molar refractivity (Wildman–Crippen MR) is 81.3 cm³/mol. The molecule has 6 nitrogen and oxygen atoms in total. The molecule has 1 spiro atoms. The van der Waals surface area contributed by atoms with E-state index in [0.29, 0.717) is 25.9 Å². The van der Waals surface area contributed by atoms with Crippen LogP contribution in [0.5, 0.6) is 0 Å². The van der Waals surface area contributed by atoms with Crippen molar-refractivity contribution in [2.75, 3.05) is 6.61 Å². The van der Waals surface area contributed by atoms with Crippen LogP contribution in [0.1, 0.15) is 64.7 Å². The molecule has 6 heteroatoms. The highest BCUT2D eigenvalue weighted by Gasteiger charge is 2.49. The summed E-state index contributed by atoms with van der Waals surface area (Å²) in [5.41, 5.74) is 1.43. The van der Waals surface area contributed by atoms with E-state index in [1.807, 2.05) is 0 Å². The molecule has 0 aromatic carbocycles. The van der Waals surface area contributed by atoms with Gasteiger partial charge in [-0.1, -0.05) is 19.8 Å². The third-order valence-electron chi connectivity index (χ3n) is 4.91. The van der Waals surface area contributed by atoms with Crippen molar-refractivity contribution in [3.63, 3.8) is 0 Å². The van der Waals surface area contributed by atoms with E-state index >= 15 is 0 Å². The highest BCUT2D eigenvalue weighted by molar-refractivity contribution is 5.81. The second kappa shape index (κ2) is 7.92. The molecule has 1 saturated heterocycles. The molecule has 0 radical (unpaired) electrons. The lowest BCUT2D eigenvalue weighted by Gasteiger charge is -2.33. The third-order valence-corrected chi connectivity index (χ3v) is 4.91. The SMILES string of the molecule is CCCCCC(=O)NC1CC2(CCCCO2)CC1C(=O)NO. The first-order valence-electron chi connectivity index (χ1n) is 8.47. The van der Waals surface area contributed by atoms with Crippen molar-refractivity contribution < 1.29 is 19.5 Å². The lowest BCUT2D eigenvalue weighted by Crippen LogP contribution is -2.43. The minimum Gasteiger partial charge on any atom is -0.375 e. The van der Waals surface area contributed by atoms with E-state index in [1.54, 1.807) is 5.48 Å². The molecule has 2 rings (SSSR count). The summed E-state index contributed by atoms with van der Waals surface area (Å²) in [6, 6.07) is -0.251. The maximum absolute atomic E-state index is 12.1. The Labute approximate surface area is 131 Å². The summed E-state index contributed by atoms with van der Waals surface area (Å²) < 4.78 is 5.95. The Kier molecular flexibility index (Phi) is 6.20. The zero-order valence-corrected chi connectivity index (χ0v) is 13.4. The highest BCUT2D eigenvalue weighted by Crippen LogP contribution is 2.43. The van der Waals surface area contributed by atoms with Gasteiger partial charge in [-0.3, -0.25) is 14.8 Å². The van der Waals surface area contributed by atoms with Gasteiger partial charge in [-0.2, -0.15) is 0 Å². The molecule has 3 unspecified atom stereocenters. The molecule has 1 saturated carbocycles. The minimum atomic E-state index is -0.426. The Morgan fingerprint density at radius 1 is 1.27 bits per heavy atom. The molecule has 2 fully saturated rings. The second-order valence-electron chi connectivity index (χ2n) is 6.61. The van der Waals surface area contributed by atoms with E-state index in [-0.39, 0.29) is 17.6 Å². The normalized spacial score (nSPS) is 31.2. The fourth-order valence-corrected chi connectivity index (χ4v) is 3.73. The number of unbranched alkanes of at least 4 members (excludes halogenated alkanes) is 2. The fourth-order valence-electron chi connectivity index (χ4n) is 3.73. The van der Waals surface area contributed by atoms with Gasteiger partial charge < -0.3 is 10.1 Å². The second-order valence-corrected chi connectivity index (χ2v) is 6.61. The van der Waals surface area contributed by atoms with Crippen molar-refractivity contribution in [3.05, 3.63) is 0 Å². The Balaban J connectivity index is 1.96. The maximum Gasteiger partial charge on any atom is 0.248 e. The summed E-state index contributed by atoms with van der Waals surface area (Å²) in [7, 11) is 0. The minimum absolute atomic E-state index is 0.0120. The van der Waals surface area contributed by atoms with Gasteiger partial charge in [0, 0.05) is 19.1 Å². The molecular formula is C16H28N2O4. The van der Waals surface area contributed by atoms with Crippen LogP contribution in [0, 0.1) is 5.92 Å². The monoisotopic (exact) mass is 312 g/mol. The Hall–Kier alpha value is -1.14. The van der Waals surface area contributed by atoms with Crippen LogP contribution < -0.4 is 10.8 Å². The summed E-state index contributed by atoms with van der Waals surface area (Å²) in [6.07, 6.45) is 7.75. The molecule has 126 valence electrons. The number of nitrogens with one attached hydrogen (secondary N) is 2. The number of ether oxygens (including phenoxy) is 1. The lowest BCUT2D eigenvalue weighted by atomic mass is 9.91. The number of hydroxylamine groups is 1. The van der Waals surface area contributed by atoms with Gasteiger partial charge in [0.25, 0.3) is 0 Å². The lowest BCUT2D eigenvalue weighted by molar-refractivity contribution is -0.135. The van der Waals surface area contributed by atoms with Gasteiger partial charge in [-0.25, -0.2) is 5.48 Å². The first-order valence-corrected chi connectivity index (χ1v) is 8.47. The van der Waals surface area contributed by atoms with E-state index < -0.39 is 11.8 Å². The maximum atomic E-state index is 12.1. The standard InChI is InChI=1S/C16H28N2O4/c1-2-3-4-7-14(19)17-13-11-16(8-5-6-9-22-16)10-12(13)15(20)18-21/h12-13,21H,2-11H2,1H3,(H,17,19)(H,18,20). The van der Waals surface area contributed by atoms with E-state index in [1.165, 1.54) is 0 Å². The average molecular weight is 312 g/mol. The summed E-state index contributed by atoms with van der Waals surface area (Å²) in [5, 5.41) is 11.9. The smallest absolute Gasteiger partial charge is 0.248 e. The van der Waals surface area contributed by atoms with Crippen molar-refractivity contribution in [1.29, 1.82) is 0 Å². The molecule has 1 heterocycles. The van der Waals surface area contributed by atoms with Gasteiger partial charge in [0.1, 0.15) is 0 Å². The molecule has 0 aromatic heterocycles. The number of hydrogen-bond donors (Lipinski definition) is 3. The van der Waals surface area contributed by atoms with Gasteiger partial charge in [0.15, 0.2) is 0 Å². The molecule has 3 N–H and O–H groups in total. The molecule has 1 aliphatic heterocycles. The largest absolute Gasteiger partial charge is 0.375 e. The predicted octanol–water partition coefficient (Wildman–Crippen LogP) is 1.91. The van der Waals surface area contributed by atoms with Crippen LogP contribution in [0.25, 0.3) is 0 Å². The van der Waals surface area contributed by atoms with Gasteiger partial charge >= 0.3 is 0 Å². The molecular weight excluding hydrogens is 284 g/mol. The van der Waals surface area contributed by atoms with Crippen LogP contribution in [-0.4, -0.2) is 35.3 Å². The van der Waals surface area contributed by atoms with E-state index in [9.17, 15) is 9.59 Å². The number of hydrogen-bond acceptors (Lipinski definition) is 4. The van der Waals surface area contributed by atoms with E-state index in [2.05, 4.69) is 12.2 Å². The Morgan fingerprint density at radius 3 is 2.73 bits per heavy atom. The molecule has 0 bridgehead atoms. The molecule has 22 heavy (non-hydrogen) atoms. The highest BCUT2D eigenvalue weighted by atomic mass is 16.5. The Bertz CT molecular complexity index is 394. The van der Waals surface area contributed by atoms with Crippen LogP contribution in [-0.2, 0) is 14.3 Å². The van der Waals surface area contributed by atoms with Crippen LogP contribution in [0.2, 0.25) is 0 Å². The number of amides is 2. The molecule has 2 amide bonds. The van der Waals surface area contributed by atoms with Crippen molar-refractivity contribution >= 4 is 11.8 Å². The molecule has 1 aliphatic carbocycles. The van der Waals surface area contributed by atoms with Crippen LogP contribution >= 0.6 is 0 Å². The van der Waals surface area contributed by atoms with Crippen LogP contribution in [0.4, 0.5) is 0 Å². The van der Waals surface area contributed by atoms with Crippen LogP contribution in [0.3, 0.4) is 0 Å². The summed E-state index contributed by atoms with van der Waals surface area (Å²) in [4.78, 5) is 24.0. The van der Waals surface area contributed by atoms with Crippen molar-refractivity contribution in [1.82, 2.24) is 10.8 Å². The summed E-state index contributed by atoms with van der Waals surface area (Å²) in [6.45, 7) is 2.81. The van der Waals surface area contributed by atoms with Crippen LogP contribution in [0.15, 0.2) is 0 Å². The summed E-state index contributed by atoms with van der Waals surface area (Å²) >= 11 is 0. The average Bonchev–Trinajstić information content (AvgIpc) is 2.85. The quantitative estimate of drug-likeness (QED) is 0.397. The van der Waals surface area contributed by atoms with Gasteiger partial charge in [0.05, 0.1) is 11.5 Å². The van der Waals surface area contributed by atoms with E-state index in [4.69, 9.17) is 9.94 Å². The first kappa shape index (κ1) is 17.2. The zero-order valence-electron chi connectivity index (χ0n) is 13.4. The molecule has 0 aromatic rings. The third kappa shape index (κ3) is 4.20. The molecule has 2 aliphatic rings. The Morgan fingerprint density at radius 2 is 2.09 bits per heavy atom. The van der Waals surface area contributed by atoms with Gasteiger partial charge in [0.2, 0.25) is 11.8 Å². The summed E-state index contributed by atoms with van der Waals surface area (Å²) in [5.74, 6) is -0.856. The van der Waals surface area contributed by atoms with Crippen molar-refractivity contribution in [2.45, 2.75) is 76.4 Å². The number of carbonyl (C=O) groups excluding carboxylic acids is 2. The van der Waals surface area contributed by atoms with Crippen molar-refractivity contribution in [3.8, 4) is 0 Å². The van der Waals surface area contributed by atoms with E-state index in [0.717, 1.165) is 38.5 Å². The zero-order chi connectivity index (χ0) is 16.0. The number of rotatable bonds is 6. The fraction of sp³-hybridized carbons (Fsp3) is 0.875. The molecule has 3 atom stereocenters. The number of carbonyl (C=O) groups is 2. The van der Waals surface area contributed by atoms with Gasteiger partial charge in [-0.05, 0) is 38.5 Å². The van der Waals surface area contributed by atoms with Crippen molar-refractivity contribution in [2.24, 2.45) is 5.92 Å². The topological polar surface area (TPSA) is 87.7 Å². The van der Waals surface area contributed by atoms with Gasteiger partial charge in [-0.15, -0.1) is 0 Å². The first-order chi connectivity index (χ1) is 10.6.